The van der Waals surface area contributed by atoms with Crippen molar-refractivity contribution in [3.05, 3.63) is 41.5 Å². The molecule has 1 aromatic rings. The monoisotopic (exact) mass is 262 g/mol. The van der Waals surface area contributed by atoms with Crippen LogP contribution in [0.1, 0.15) is 28.4 Å². The number of hydrogen-bond donors (Lipinski definition) is 3. The molecule has 1 atom stereocenters. The molecule has 1 aromatic carbocycles. The zero-order chi connectivity index (χ0) is 14.6. The molecule has 0 saturated heterocycles. The number of nitrogens with one attached hydrogen (secondary N) is 2. The van der Waals surface area contributed by atoms with Gasteiger partial charge in [-0.2, -0.15) is 0 Å². The van der Waals surface area contributed by atoms with Crippen LogP contribution in [-0.2, 0) is 0 Å². The molecule has 1 unspecified atom stereocenters. The van der Waals surface area contributed by atoms with Gasteiger partial charge in [0.05, 0.1) is 5.56 Å². The second-order valence-electron chi connectivity index (χ2n) is 4.39. The molecule has 19 heavy (non-hydrogen) atoms. The van der Waals surface area contributed by atoms with Crippen LogP contribution in [0.5, 0.6) is 0 Å². The van der Waals surface area contributed by atoms with Gasteiger partial charge in [0.1, 0.15) is 0 Å². The molecule has 1 rings (SSSR count). The number of urea groups is 1. The lowest BCUT2D eigenvalue weighted by Crippen LogP contribution is -2.34. The van der Waals surface area contributed by atoms with Crippen LogP contribution in [0.15, 0.2) is 24.8 Å². The Morgan fingerprint density at radius 3 is 2.53 bits per heavy atom. The first-order valence-electron chi connectivity index (χ1n) is 5.89. The fraction of sp³-hybridized carbons (Fsp3) is 0.286. The summed E-state index contributed by atoms with van der Waals surface area (Å²) in [5.41, 5.74) is 2.14. The van der Waals surface area contributed by atoms with Gasteiger partial charge >= 0.3 is 12.0 Å². The van der Waals surface area contributed by atoms with E-state index in [9.17, 15) is 9.59 Å². The van der Waals surface area contributed by atoms with E-state index in [1.54, 1.807) is 32.9 Å². The Morgan fingerprint density at radius 2 is 2.00 bits per heavy atom. The summed E-state index contributed by atoms with van der Waals surface area (Å²) in [6, 6.07) is 2.63. The fourth-order valence-corrected chi connectivity index (χ4v) is 1.59. The molecular formula is C14H18N2O3. The molecular weight excluding hydrogens is 244 g/mol. The van der Waals surface area contributed by atoms with E-state index in [0.717, 1.165) is 5.56 Å². The van der Waals surface area contributed by atoms with Crippen LogP contribution in [0.25, 0.3) is 0 Å². The number of anilines is 1. The van der Waals surface area contributed by atoms with Gasteiger partial charge in [0, 0.05) is 11.7 Å². The minimum Gasteiger partial charge on any atom is -0.478 e. The van der Waals surface area contributed by atoms with Crippen LogP contribution in [-0.4, -0.2) is 23.1 Å². The van der Waals surface area contributed by atoms with E-state index in [0.29, 0.717) is 11.3 Å². The van der Waals surface area contributed by atoms with Crippen LogP contribution in [0.2, 0.25) is 0 Å². The summed E-state index contributed by atoms with van der Waals surface area (Å²) < 4.78 is 0. The van der Waals surface area contributed by atoms with Crippen LogP contribution in [0.3, 0.4) is 0 Å². The van der Waals surface area contributed by atoms with E-state index in [-0.39, 0.29) is 11.6 Å². The molecule has 0 aliphatic heterocycles. The van der Waals surface area contributed by atoms with E-state index in [1.165, 1.54) is 6.07 Å². The maximum absolute atomic E-state index is 11.6. The van der Waals surface area contributed by atoms with E-state index in [2.05, 4.69) is 17.2 Å². The van der Waals surface area contributed by atoms with Crippen molar-refractivity contribution in [3.8, 4) is 0 Å². The second-order valence-corrected chi connectivity index (χ2v) is 4.39. The Morgan fingerprint density at radius 1 is 1.37 bits per heavy atom. The summed E-state index contributed by atoms with van der Waals surface area (Å²) in [5.74, 6) is -1.01. The van der Waals surface area contributed by atoms with Gasteiger partial charge in [-0.3, -0.25) is 0 Å². The third-order valence-electron chi connectivity index (χ3n) is 2.87. The van der Waals surface area contributed by atoms with Gasteiger partial charge in [0.25, 0.3) is 0 Å². The molecule has 0 aromatic heterocycles. The Hall–Kier alpha value is -2.30. The lowest BCUT2D eigenvalue weighted by Gasteiger charge is -2.13. The number of rotatable bonds is 4. The van der Waals surface area contributed by atoms with Gasteiger partial charge in [0.2, 0.25) is 0 Å². The fourth-order valence-electron chi connectivity index (χ4n) is 1.59. The smallest absolute Gasteiger partial charge is 0.336 e. The van der Waals surface area contributed by atoms with Crippen molar-refractivity contribution in [2.45, 2.75) is 26.8 Å². The minimum absolute atomic E-state index is 0.162. The Labute approximate surface area is 112 Å². The maximum Gasteiger partial charge on any atom is 0.336 e. The first kappa shape index (κ1) is 14.8. The summed E-state index contributed by atoms with van der Waals surface area (Å²) in [7, 11) is 0. The van der Waals surface area contributed by atoms with Gasteiger partial charge in [-0.05, 0) is 44.0 Å². The van der Waals surface area contributed by atoms with Gasteiger partial charge in [-0.1, -0.05) is 6.08 Å². The van der Waals surface area contributed by atoms with E-state index in [1.807, 2.05) is 0 Å². The van der Waals surface area contributed by atoms with E-state index >= 15 is 0 Å². The molecule has 0 aliphatic rings. The summed E-state index contributed by atoms with van der Waals surface area (Å²) in [6.45, 7) is 8.89. The Balaban J connectivity index is 2.93. The number of benzene rings is 1. The molecule has 0 radical (unpaired) electrons. The summed E-state index contributed by atoms with van der Waals surface area (Å²) in [6.07, 6.45) is 1.60. The normalized spacial score (nSPS) is 11.5. The number of carbonyl (C=O) groups is 2. The van der Waals surface area contributed by atoms with Crippen LogP contribution >= 0.6 is 0 Å². The highest BCUT2D eigenvalue weighted by Crippen LogP contribution is 2.20. The SMILES string of the molecule is C=CC(C)NC(=O)Nc1cc(C)c(C)c(C(=O)O)c1. The predicted octanol–water partition coefficient (Wildman–Crippen LogP) is 2.70. The maximum atomic E-state index is 11.6. The molecule has 102 valence electrons. The van der Waals surface area contributed by atoms with Gasteiger partial charge in [-0.25, -0.2) is 9.59 Å². The number of aryl methyl sites for hydroxylation is 1. The quantitative estimate of drug-likeness (QED) is 0.730. The second kappa shape index (κ2) is 6.04. The largest absolute Gasteiger partial charge is 0.478 e. The predicted molar refractivity (Wildman–Crippen MR) is 74.7 cm³/mol. The Kier molecular flexibility index (Phi) is 4.69. The van der Waals surface area contributed by atoms with Crippen molar-refractivity contribution in [1.29, 1.82) is 0 Å². The molecule has 0 fully saturated rings. The lowest BCUT2D eigenvalue weighted by molar-refractivity contribution is 0.0696. The van der Waals surface area contributed by atoms with Crippen molar-refractivity contribution in [2.24, 2.45) is 0 Å². The van der Waals surface area contributed by atoms with Crippen LogP contribution in [0.4, 0.5) is 10.5 Å². The van der Waals surface area contributed by atoms with Crippen molar-refractivity contribution in [3.63, 3.8) is 0 Å². The third-order valence-corrected chi connectivity index (χ3v) is 2.87. The number of carbonyl (C=O) groups excluding carboxylic acids is 1. The number of hydrogen-bond acceptors (Lipinski definition) is 2. The van der Waals surface area contributed by atoms with Crippen molar-refractivity contribution < 1.29 is 14.7 Å². The van der Waals surface area contributed by atoms with Crippen molar-refractivity contribution in [2.75, 3.05) is 5.32 Å². The first-order chi connectivity index (χ1) is 8.85. The van der Waals surface area contributed by atoms with Crippen molar-refractivity contribution in [1.82, 2.24) is 5.32 Å². The highest BCUT2D eigenvalue weighted by molar-refractivity contribution is 5.94. The van der Waals surface area contributed by atoms with Gasteiger partial charge < -0.3 is 15.7 Å². The molecule has 0 heterocycles. The highest BCUT2D eigenvalue weighted by atomic mass is 16.4. The standard InChI is InChI=1S/C14H18N2O3/c1-5-9(3)15-14(19)16-11-6-8(2)10(4)12(7-11)13(17)18/h5-7,9H,1H2,2-4H3,(H,17,18)(H2,15,16,19). The number of carboxylic acids is 1. The minimum atomic E-state index is -1.01. The average Bonchev–Trinajstić information content (AvgIpc) is 2.32. The summed E-state index contributed by atoms with van der Waals surface area (Å²) in [4.78, 5) is 22.7. The molecule has 0 spiro atoms. The van der Waals surface area contributed by atoms with E-state index in [4.69, 9.17) is 5.11 Å². The number of aromatic carboxylic acids is 1. The summed E-state index contributed by atoms with van der Waals surface area (Å²) in [5, 5.41) is 14.3. The first-order valence-corrected chi connectivity index (χ1v) is 5.89. The number of carboxylic acid groups (broad SMARTS) is 1. The van der Waals surface area contributed by atoms with Gasteiger partial charge in [0.15, 0.2) is 0 Å². The van der Waals surface area contributed by atoms with E-state index < -0.39 is 12.0 Å². The van der Waals surface area contributed by atoms with Crippen molar-refractivity contribution >= 4 is 17.7 Å². The molecule has 0 aliphatic carbocycles. The van der Waals surface area contributed by atoms with Crippen LogP contribution < -0.4 is 10.6 Å². The lowest BCUT2D eigenvalue weighted by atomic mass is 10.0. The summed E-state index contributed by atoms with van der Waals surface area (Å²) >= 11 is 0. The molecule has 0 bridgehead atoms. The number of amides is 2. The zero-order valence-corrected chi connectivity index (χ0v) is 11.3. The topological polar surface area (TPSA) is 78.4 Å². The third kappa shape index (κ3) is 3.84. The van der Waals surface area contributed by atoms with Gasteiger partial charge in [-0.15, -0.1) is 6.58 Å². The Bertz CT molecular complexity index is 524. The highest BCUT2D eigenvalue weighted by Gasteiger charge is 2.12. The molecule has 2 amide bonds. The van der Waals surface area contributed by atoms with Crippen LogP contribution in [0, 0.1) is 13.8 Å². The molecule has 5 nitrogen and oxygen atoms in total. The molecule has 5 heteroatoms. The average molecular weight is 262 g/mol. The zero-order valence-electron chi connectivity index (χ0n) is 11.3. The molecule has 0 saturated carbocycles. The molecule has 3 N–H and O–H groups in total.